The van der Waals surface area contributed by atoms with Gasteiger partial charge in [-0.15, -0.1) is 0 Å². The van der Waals surface area contributed by atoms with E-state index in [1.807, 2.05) is 12.3 Å². The molecule has 0 unspecified atom stereocenters. The van der Waals surface area contributed by atoms with E-state index in [0.717, 1.165) is 39.6 Å². The number of anilines is 3. The van der Waals surface area contributed by atoms with E-state index in [4.69, 9.17) is 9.97 Å². The molecule has 0 atom stereocenters. The van der Waals surface area contributed by atoms with Crippen LogP contribution >= 0.6 is 0 Å². The fraction of sp³-hybridized carbons (Fsp3) is 0.0690. The first-order valence-electron chi connectivity index (χ1n) is 22.1. The molecule has 8 aromatic carbocycles. The van der Waals surface area contributed by atoms with Gasteiger partial charge in [-0.2, -0.15) is 0 Å². The summed E-state index contributed by atoms with van der Waals surface area (Å²) >= 11 is 0. The lowest BCUT2D eigenvalue weighted by molar-refractivity contribution is 0.633. The number of nitrogens with zero attached hydrogens (tertiary/aromatic N) is 5. The number of rotatable bonds is 7. The highest BCUT2D eigenvalue weighted by molar-refractivity contribution is 7.20. The van der Waals surface area contributed by atoms with Crippen LogP contribution in [0.3, 0.4) is 0 Å². The lowest BCUT2D eigenvalue weighted by atomic mass is 9.73. The van der Waals surface area contributed by atoms with Gasteiger partial charge in [0.1, 0.15) is 11.6 Å². The Labute approximate surface area is 374 Å². The van der Waals surface area contributed by atoms with Gasteiger partial charge in [-0.1, -0.05) is 172 Å². The third-order valence-electron chi connectivity index (χ3n) is 13.7. The second kappa shape index (κ2) is 14.7. The van der Waals surface area contributed by atoms with Crippen LogP contribution in [0.5, 0.6) is 0 Å². The summed E-state index contributed by atoms with van der Waals surface area (Å²) in [6.45, 7) is 4.78. The summed E-state index contributed by atoms with van der Waals surface area (Å²) in [5.74, 6) is 1.84. The Morgan fingerprint density at radius 3 is 1.84 bits per heavy atom. The van der Waals surface area contributed by atoms with Gasteiger partial charge in [-0.05, 0) is 86.5 Å². The minimum Gasteiger partial charge on any atom is -0.327 e. The Bertz CT molecular complexity index is 3500. The van der Waals surface area contributed by atoms with Gasteiger partial charge < -0.3 is 9.13 Å². The molecule has 0 fully saturated rings. The van der Waals surface area contributed by atoms with Crippen LogP contribution in [-0.4, -0.2) is 27.2 Å². The van der Waals surface area contributed by atoms with Crippen LogP contribution < -0.4 is 25.6 Å². The highest BCUT2D eigenvalue weighted by atomic mass is 28.3. The lowest BCUT2D eigenvalue weighted by Crippen LogP contribution is -2.74. The second-order valence-corrected chi connectivity index (χ2v) is 21.3. The van der Waals surface area contributed by atoms with Gasteiger partial charge in [0, 0.05) is 40.7 Å². The van der Waals surface area contributed by atoms with Crippen molar-refractivity contribution >= 4 is 78.9 Å². The number of hydrogen-bond donors (Lipinski definition) is 0. The molecule has 1 aliphatic heterocycles. The molecular weight excluding hydrogens is 795 g/mol. The van der Waals surface area contributed by atoms with E-state index in [-0.39, 0.29) is 5.41 Å². The van der Waals surface area contributed by atoms with Crippen LogP contribution in [0.15, 0.2) is 219 Å². The molecule has 0 bridgehead atoms. The van der Waals surface area contributed by atoms with Gasteiger partial charge in [0.25, 0.3) is 0 Å². The van der Waals surface area contributed by atoms with Gasteiger partial charge >= 0.3 is 0 Å². The maximum absolute atomic E-state index is 5.19. The maximum Gasteiger partial charge on any atom is 0.179 e. The Hall–Kier alpha value is -7.80. The highest BCUT2D eigenvalue weighted by Gasteiger charge is 2.45. The van der Waals surface area contributed by atoms with Crippen molar-refractivity contribution in [2.75, 3.05) is 4.90 Å². The minimum atomic E-state index is -3.07. The van der Waals surface area contributed by atoms with E-state index >= 15 is 0 Å². The van der Waals surface area contributed by atoms with Gasteiger partial charge in [-0.25, -0.2) is 9.97 Å². The zero-order valence-corrected chi connectivity index (χ0v) is 37.0. The third kappa shape index (κ3) is 5.55. The second-order valence-electron chi connectivity index (χ2n) is 17.5. The van der Waals surface area contributed by atoms with Crippen molar-refractivity contribution in [1.82, 2.24) is 19.1 Å². The summed E-state index contributed by atoms with van der Waals surface area (Å²) in [5.41, 5.74) is 11.2. The molecule has 12 rings (SSSR count). The standard InChI is InChI=1S/C58H45N5Si/c1-58(2)47-34-33-45(64(42-23-9-5-10-24-42,43-25-11-6-12-26-43)44-27-19-20-40(38-44)57-60-49-29-14-16-31-51(49)61(57)3)39-53(47)63(54-32-17-18-37-59-54)56-48(58)35-36-52-55(56)46-28-13-15-30-50(46)62(52)41-21-7-4-8-22-41/h4-39H,1-3H3. The minimum absolute atomic E-state index is 0.345. The number of fused-ring (bicyclic) bond motifs is 7. The van der Waals surface area contributed by atoms with Crippen LogP contribution in [0.1, 0.15) is 25.0 Å². The normalized spacial score (nSPS) is 13.3. The molecule has 0 N–H and O–H groups in total. The van der Waals surface area contributed by atoms with Gasteiger partial charge in [-0.3, -0.25) is 4.90 Å². The Kier molecular flexibility index (Phi) is 8.68. The van der Waals surface area contributed by atoms with Crippen molar-refractivity contribution in [2.45, 2.75) is 19.3 Å². The Morgan fingerprint density at radius 1 is 0.500 bits per heavy atom. The Morgan fingerprint density at radius 2 is 1.12 bits per heavy atom. The number of hydrogen-bond acceptors (Lipinski definition) is 3. The fourth-order valence-electron chi connectivity index (χ4n) is 10.8. The average Bonchev–Trinajstić information content (AvgIpc) is 3.88. The van der Waals surface area contributed by atoms with E-state index in [1.165, 1.54) is 59.4 Å². The first-order valence-corrected chi connectivity index (χ1v) is 24.1. The monoisotopic (exact) mass is 839 g/mol. The Balaban J connectivity index is 1.17. The van der Waals surface area contributed by atoms with E-state index in [9.17, 15) is 0 Å². The number of benzene rings is 8. The summed E-state index contributed by atoms with van der Waals surface area (Å²) in [7, 11) is -0.949. The molecule has 306 valence electrons. The van der Waals surface area contributed by atoms with E-state index in [0.29, 0.717) is 0 Å². The van der Waals surface area contributed by atoms with E-state index in [2.05, 4.69) is 241 Å². The van der Waals surface area contributed by atoms with Crippen molar-refractivity contribution < 1.29 is 0 Å². The van der Waals surface area contributed by atoms with Gasteiger partial charge in [0.15, 0.2) is 8.07 Å². The van der Waals surface area contributed by atoms with Crippen molar-refractivity contribution in [3.8, 4) is 17.1 Å². The zero-order chi connectivity index (χ0) is 43.0. The van der Waals surface area contributed by atoms with Crippen LogP contribution in [0.4, 0.5) is 17.2 Å². The fourth-order valence-corrected chi connectivity index (χ4v) is 15.6. The average molecular weight is 840 g/mol. The molecule has 0 amide bonds. The quantitative estimate of drug-likeness (QED) is 0.119. The number of imidazole rings is 1. The van der Waals surface area contributed by atoms with Crippen molar-refractivity contribution in [3.05, 3.63) is 230 Å². The molecule has 0 saturated carbocycles. The van der Waals surface area contributed by atoms with Crippen molar-refractivity contribution in [3.63, 3.8) is 0 Å². The SMILES string of the molecule is Cn1c(-c2cccc([Si](c3ccccc3)(c3ccccc3)c3ccc4c(c3)N(c3ccccn3)c3c(ccc5c3c3ccccc3n5-c3ccccc3)C4(C)C)c2)nc2ccccc21. The molecule has 64 heavy (non-hydrogen) atoms. The predicted molar refractivity (Wildman–Crippen MR) is 269 cm³/mol. The number of para-hydroxylation sites is 4. The number of aromatic nitrogens is 4. The topological polar surface area (TPSA) is 38.9 Å². The van der Waals surface area contributed by atoms with Crippen LogP contribution in [0.2, 0.25) is 0 Å². The van der Waals surface area contributed by atoms with Crippen LogP contribution in [-0.2, 0) is 12.5 Å². The third-order valence-corrected chi connectivity index (χ3v) is 18.5. The van der Waals surface area contributed by atoms with E-state index in [1.54, 1.807) is 0 Å². The number of aryl methyl sites for hydroxylation is 1. The molecular formula is C58H45N5Si. The molecule has 11 aromatic rings. The molecule has 0 radical (unpaired) electrons. The molecule has 6 heteroatoms. The molecule has 5 nitrogen and oxygen atoms in total. The summed E-state index contributed by atoms with van der Waals surface area (Å²) < 4.78 is 4.64. The molecule has 0 spiro atoms. The maximum atomic E-state index is 5.19. The summed E-state index contributed by atoms with van der Waals surface area (Å²) in [4.78, 5) is 12.8. The number of pyridine rings is 1. The molecule has 1 aliphatic rings. The first kappa shape index (κ1) is 37.9. The summed E-state index contributed by atoms with van der Waals surface area (Å²) in [6.07, 6.45) is 1.92. The van der Waals surface area contributed by atoms with Crippen molar-refractivity contribution in [2.24, 2.45) is 7.05 Å². The van der Waals surface area contributed by atoms with E-state index < -0.39 is 8.07 Å². The zero-order valence-electron chi connectivity index (χ0n) is 36.0. The van der Waals surface area contributed by atoms with Crippen LogP contribution in [0, 0.1) is 0 Å². The van der Waals surface area contributed by atoms with Gasteiger partial charge in [0.2, 0.25) is 0 Å². The largest absolute Gasteiger partial charge is 0.327 e. The summed E-state index contributed by atoms with van der Waals surface area (Å²) in [5, 5.41) is 7.66. The smallest absolute Gasteiger partial charge is 0.179 e. The molecule has 0 saturated heterocycles. The molecule has 3 aromatic heterocycles. The highest BCUT2D eigenvalue weighted by Crippen LogP contribution is 2.55. The molecule has 4 heterocycles. The molecule has 0 aliphatic carbocycles. The first-order chi connectivity index (χ1) is 31.4. The summed E-state index contributed by atoms with van der Waals surface area (Å²) in [6, 6.07) is 78.0. The lowest BCUT2D eigenvalue weighted by Gasteiger charge is -2.43. The van der Waals surface area contributed by atoms with Crippen molar-refractivity contribution in [1.29, 1.82) is 0 Å². The van der Waals surface area contributed by atoms with Crippen LogP contribution in [0.25, 0.3) is 49.9 Å². The van der Waals surface area contributed by atoms with Gasteiger partial charge in [0.05, 0.1) is 33.4 Å². The predicted octanol–water partition coefficient (Wildman–Crippen LogP) is 11.2.